The molecule has 0 aliphatic carbocycles. The van der Waals surface area contributed by atoms with E-state index in [-0.39, 0.29) is 17.6 Å². The van der Waals surface area contributed by atoms with Gasteiger partial charge in [0.15, 0.2) is 0 Å². The van der Waals surface area contributed by atoms with E-state index in [1.165, 1.54) is 12.1 Å². The lowest BCUT2D eigenvalue weighted by atomic mass is 10.1. The van der Waals surface area contributed by atoms with Gasteiger partial charge in [-0.15, -0.1) is 0 Å². The van der Waals surface area contributed by atoms with E-state index in [1.54, 1.807) is 35.8 Å². The molecule has 2 heterocycles. The third-order valence-corrected chi connectivity index (χ3v) is 4.36. The van der Waals surface area contributed by atoms with Crippen LogP contribution in [0.1, 0.15) is 29.4 Å². The second-order valence-electron chi connectivity index (χ2n) is 6.12. The van der Waals surface area contributed by atoms with Crippen molar-refractivity contribution < 1.29 is 14.0 Å². The first-order chi connectivity index (χ1) is 11.5. The van der Waals surface area contributed by atoms with Crippen LogP contribution in [-0.2, 0) is 4.79 Å². The summed E-state index contributed by atoms with van der Waals surface area (Å²) in [5.74, 6) is -0.432. The summed E-state index contributed by atoms with van der Waals surface area (Å²) in [6, 6.07) is 6.04. The summed E-state index contributed by atoms with van der Waals surface area (Å²) in [5, 5.41) is 0.652. The molecule has 6 heteroatoms. The van der Waals surface area contributed by atoms with Gasteiger partial charge in [0.1, 0.15) is 5.82 Å². The summed E-state index contributed by atoms with van der Waals surface area (Å²) in [6.07, 6.45) is 0.752. The number of hydrogen-bond acceptors (Lipinski definition) is 3. The average Bonchev–Trinajstić information content (AvgIpc) is 2.79. The average molecular weight is 329 g/mol. The number of pyridine rings is 1. The van der Waals surface area contributed by atoms with Crippen molar-refractivity contribution in [2.75, 3.05) is 26.2 Å². The van der Waals surface area contributed by atoms with E-state index in [0.717, 1.165) is 6.42 Å². The Labute approximate surface area is 140 Å². The van der Waals surface area contributed by atoms with Crippen molar-refractivity contribution in [1.29, 1.82) is 0 Å². The minimum Gasteiger partial charge on any atom is -0.341 e. The number of fused-ring (bicyclic) bond motifs is 1. The highest BCUT2D eigenvalue weighted by Crippen LogP contribution is 2.21. The maximum Gasteiger partial charge on any atom is 0.254 e. The van der Waals surface area contributed by atoms with Crippen LogP contribution in [0.25, 0.3) is 10.9 Å². The van der Waals surface area contributed by atoms with Gasteiger partial charge in [-0.05, 0) is 31.5 Å². The second-order valence-corrected chi connectivity index (χ2v) is 6.12. The fourth-order valence-corrected chi connectivity index (χ4v) is 3.12. The summed E-state index contributed by atoms with van der Waals surface area (Å²) in [7, 11) is 0. The summed E-state index contributed by atoms with van der Waals surface area (Å²) in [6.45, 7) is 5.65. The highest BCUT2D eigenvalue weighted by atomic mass is 19.1. The van der Waals surface area contributed by atoms with Crippen LogP contribution in [0.5, 0.6) is 0 Å². The molecule has 0 bridgehead atoms. The fraction of sp³-hybridized carbons (Fsp3) is 0.389. The Morgan fingerprint density at radius 2 is 1.79 bits per heavy atom. The summed E-state index contributed by atoms with van der Waals surface area (Å²) in [4.78, 5) is 32.4. The molecule has 1 aromatic heterocycles. The van der Waals surface area contributed by atoms with Gasteiger partial charge in [0.2, 0.25) is 5.91 Å². The minimum absolute atomic E-state index is 0.0324. The number of halogens is 1. The second kappa shape index (κ2) is 6.55. The number of nitrogens with zero attached hydrogens (tertiary/aromatic N) is 3. The van der Waals surface area contributed by atoms with E-state index < -0.39 is 0 Å². The molecule has 0 radical (unpaired) electrons. The Hall–Kier alpha value is -2.50. The van der Waals surface area contributed by atoms with Crippen molar-refractivity contribution in [2.45, 2.75) is 20.3 Å². The zero-order valence-electron chi connectivity index (χ0n) is 13.9. The van der Waals surface area contributed by atoms with Crippen LogP contribution in [0.3, 0.4) is 0 Å². The number of amides is 2. The molecule has 2 aromatic rings. The molecule has 126 valence electrons. The monoisotopic (exact) mass is 329 g/mol. The molecule has 1 aromatic carbocycles. The number of benzene rings is 1. The molecular formula is C18H20FN3O2. The number of carbonyl (C=O) groups excluding carboxylic acids is 2. The number of rotatable bonds is 1. The van der Waals surface area contributed by atoms with Crippen molar-refractivity contribution in [1.82, 2.24) is 14.8 Å². The van der Waals surface area contributed by atoms with Crippen LogP contribution < -0.4 is 0 Å². The van der Waals surface area contributed by atoms with Crippen LogP contribution >= 0.6 is 0 Å². The van der Waals surface area contributed by atoms with Crippen LogP contribution in [0.2, 0.25) is 0 Å². The zero-order valence-corrected chi connectivity index (χ0v) is 13.9. The molecule has 0 saturated carbocycles. The van der Waals surface area contributed by atoms with Crippen molar-refractivity contribution in [3.63, 3.8) is 0 Å². The summed E-state index contributed by atoms with van der Waals surface area (Å²) >= 11 is 0. The lowest BCUT2D eigenvalue weighted by molar-refractivity contribution is -0.128. The summed E-state index contributed by atoms with van der Waals surface area (Å²) < 4.78 is 13.5. The fourth-order valence-electron chi connectivity index (χ4n) is 3.12. The first-order valence-corrected chi connectivity index (χ1v) is 8.07. The largest absolute Gasteiger partial charge is 0.341 e. The molecule has 1 fully saturated rings. The number of carbonyl (C=O) groups is 2. The van der Waals surface area contributed by atoms with Crippen LogP contribution in [0.4, 0.5) is 4.39 Å². The maximum atomic E-state index is 13.5. The molecule has 5 nitrogen and oxygen atoms in total. The van der Waals surface area contributed by atoms with Crippen LogP contribution in [0.15, 0.2) is 24.3 Å². The predicted molar refractivity (Wildman–Crippen MR) is 89.2 cm³/mol. The molecule has 3 rings (SSSR count). The van der Waals surface area contributed by atoms with E-state index in [4.69, 9.17) is 0 Å². The Balaban J connectivity index is 1.92. The van der Waals surface area contributed by atoms with Crippen molar-refractivity contribution in [3.8, 4) is 0 Å². The van der Waals surface area contributed by atoms with Gasteiger partial charge < -0.3 is 9.80 Å². The van der Waals surface area contributed by atoms with E-state index in [2.05, 4.69) is 4.98 Å². The normalized spacial score (nSPS) is 15.5. The zero-order chi connectivity index (χ0) is 17.3. The van der Waals surface area contributed by atoms with E-state index >= 15 is 0 Å². The maximum absolute atomic E-state index is 13.5. The van der Waals surface area contributed by atoms with Gasteiger partial charge in [-0.25, -0.2) is 4.39 Å². The molecule has 24 heavy (non-hydrogen) atoms. The third kappa shape index (κ3) is 3.22. The van der Waals surface area contributed by atoms with Crippen molar-refractivity contribution >= 4 is 22.7 Å². The number of hydrogen-bond donors (Lipinski definition) is 0. The molecule has 2 amide bonds. The number of aromatic nitrogens is 1. The predicted octanol–water partition coefficient (Wildman–Crippen LogP) is 2.38. The molecule has 1 saturated heterocycles. The smallest absolute Gasteiger partial charge is 0.254 e. The summed E-state index contributed by atoms with van der Waals surface area (Å²) in [5.41, 5.74) is 1.70. The minimum atomic E-state index is -0.370. The van der Waals surface area contributed by atoms with Gasteiger partial charge in [0.25, 0.3) is 5.91 Å². The highest BCUT2D eigenvalue weighted by Gasteiger charge is 2.23. The Bertz CT molecular complexity index is 801. The van der Waals surface area contributed by atoms with E-state index in [9.17, 15) is 14.0 Å². The Morgan fingerprint density at radius 3 is 2.54 bits per heavy atom. The Morgan fingerprint density at radius 1 is 1.08 bits per heavy atom. The molecule has 0 spiro atoms. The Kier molecular flexibility index (Phi) is 4.46. The molecule has 0 unspecified atom stereocenters. The van der Waals surface area contributed by atoms with Gasteiger partial charge in [-0.1, -0.05) is 0 Å². The molecule has 1 aliphatic rings. The van der Waals surface area contributed by atoms with Gasteiger partial charge in [-0.3, -0.25) is 14.6 Å². The first kappa shape index (κ1) is 16.4. The van der Waals surface area contributed by atoms with Crippen molar-refractivity contribution in [3.05, 3.63) is 41.3 Å². The van der Waals surface area contributed by atoms with E-state index in [1.807, 2.05) is 0 Å². The topological polar surface area (TPSA) is 53.5 Å². The van der Waals surface area contributed by atoms with Crippen LogP contribution in [0, 0.1) is 12.7 Å². The van der Waals surface area contributed by atoms with Gasteiger partial charge >= 0.3 is 0 Å². The van der Waals surface area contributed by atoms with Gasteiger partial charge in [0, 0.05) is 50.2 Å². The van der Waals surface area contributed by atoms with Gasteiger partial charge in [0.05, 0.1) is 11.1 Å². The lowest BCUT2D eigenvalue weighted by Crippen LogP contribution is -2.36. The van der Waals surface area contributed by atoms with Crippen LogP contribution in [-0.4, -0.2) is 52.8 Å². The standard InChI is InChI=1S/C18H20FN3O2/c1-12-10-16(15-5-4-14(19)11-17(15)20-12)18(24)22-7-3-6-21(8-9-22)13(2)23/h4-5,10-11H,3,6-9H2,1-2H3. The lowest BCUT2D eigenvalue weighted by Gasteiger charge is -2.22. The highest BCUT2D eigenvalue weighted by molar-refractivity contribution is 6.06. The van der Waals surface area contributed by atoms with Crippen molar-refractivity contribution in [2.24, 2.45) is 0 Å². The SMILES string of the molecule is CC(=O)N1CCCN(C(=O)c2cc(C)nc3cc(F)ccc23)CC1. The number of aryl methyl sites for hydroxylation is 1. The van der Waals surface area contributed by atoms with E-state index in [0.29, 0.717) is 48.3 Å². The molecule has 0 N–H and O–H groups in total. The first-order valence-electron chi connectivity index (χ1n) is 8.07. The van der Waals surface area contributed by atoms with Gasteiger partial charge in [-0.2, -0.15) is 0 Å². The molecular weight excluding hydrogens is 309 g/mol. The molecule has 0 atom stereocenters. The third-order valence-electron chi connectivity index (χ3n) is 4.36. The molecule has 1 aliphatic heterocycles. The quantitative estimate of drug-likeness (QED) is 0.807.